The number of aryl methyl sites for hydroxylation is 1. The Morgan fingerprint density at radius 1 is 1.12 bits per heavy atom. The van der Waals surface area contributed by atoms with E-state index < -0.39 is 23.7 Å². The molecule has 33 heavy (non-hydrogen) atoms. The fraction of sp³-hybridized carbons (Fsp3) is 0.250. The van der Waals surface area contributed by atoms with Crippen LogP contribution in [-0.2, 0) is 14.3 Å². The monoisotopic (exact) mass is 449 g/mol. The van der Waals surface area contributed by atoms with E-state index in [0.29, 0.717) is 17.2 Å². The lowest BCUT2D eigenvalue weighted by molar-refractivity contribution is -0.139. The van der Waals surface area contributed by atoms with Gasteiger partial charge in [-0.05, 0) is 38.5 Å². The van der Waals surface area contributed by atoms with Crippen molar-refractivity contribution in [3.63, 3.8) is 0 Å². The van der Waals surface area contributed by atoms with Crippen molar-refractivity contribution >= 4 is 23.5 Å². The molecule has 1 amide bonds. The van der Waals surface area contributed by atoms with Crippen LogP contribution in [0, 0.1) is 12.7 Å². The molecule has 1 atom stereocenters. The van der Waals surface area contributed by atoms with Crippen molar-refractivity contribution < 1.29 is 18.7 Å². The number of ether oxygens (including phenoxy) is 1. The smallest absolute Gasteiger partial charge is 0.338 e. The van der Waals surface area contributed by atoms with Crippen molar-refractivity contribution in [2.75, 3.05) is 23.4 Å². The molecular weight excluding hydrogens is 425 g/mol. The van der Waals surface area contributed by atoms with Crippen molar-refractivity contribution in [2.24, 2.45) is 0 Å². The molecule has 0 spiro atoms. The van der Waals surface area contributed by atoms with Crippen LogP contribution in [0.15, 0.2) is 66.1 Å². The molecule has 0 radical (unpaired) electrons. The summed E-state index contributed by atoms with van der Waals surface area (Å²) in [6.07, 6.45) is 1.37. The number of amides is 1. The number of fused-ring (bicyclic) bond motifs is 1. The Labute approximate surface area is 190 Å². The summed E-state index contributed by atoms with van der Waals surface area (Å²) in [5, 5.41) is 6.92. The summed E-state index contributed by atoms with van der Waals surface area (Å²) in [5.74, 6) is -1.10. The highest BCUT2D eigenvalue weighted by atomic mass is 19.1. The molecule has 2 aromatic carbocycles. The van der Waals surface area contributed by atoms with E-state index in [1.165, 1.54) is 18.5 Å². The van der Waals surface area contributed by atoms with Gasteiger partial charge in [0.2, 0.25) is 11.9 Å². The maximum absolute atomic E-state index is 14.0. The average molecular weight is 449 g/mol. The fourth-order valence-electron chi connectivity index (χ4n) is 3.84. The van der Waals surface area contributed by atoms with Gasteiger partial charge in [-0.15, -0.1) is 0 Å². The molecule has 8 nitrogen and oxygen atoms in total. The zero-order valence-corrected chi connectivity index (χ0v) is 18.6. The Balaban J connectivity index is 1.74. The first-order valence-electron chi connectivity index (χ1n) is 10.6. The zero-order valence-electron chi connectivity index (χ0n) is 18.6. The number of carbonyl (C=O) groups excluding carboxylic acids is 2. The molecule has 0 fully saturated rings. The Morgan fingerprint density at radius 2 is 1.85 bits per heavy atom. The van der Waals surface area contributed by atoms with Crippen LogP contribution in [-0.4, -0.2) is 39.8 Å². The maximum atomic E-state index is 14.0. The summed E-state index contributed by atoms with van der Waals surface area (Å²) >= 11 is 0. The van der Waals surface area contributed by atoms with E-state index in [2.05, 4.69) is 15.4 Å². The molecule has 0 saturated carbocycles. The third-order valence-corrected chi connectivity index (χ3v) is 5.45. The highest BCUT2D eigenvalue weighted by Gasteiger charge is 2.38. The first-order valence-corrected chi connectivity index (χ1v) is 10.6. The minimum atomic E-state index is -0.562. The second kappa shape index (κ2) is 9.23. The largest absolute Gasteiger partial charge is 0.463 e. The molecule has 1 N–H and O–H groups in total. The normalized spacial score (nSPS) is 15.3. The number of allylic oxidation sites excluding steroid dienone is 1. The lowest BCUT2D eigenvalue weighted by Crippen LogP contribution is -2.41. The van der Waals surface area contributed by atoms with Gasteiger partial charge in [-0.25, -0.2) is 13.9 Å². The maximum Gasteiger partial charge on any atom is 0.338 e. The second-order valence-corrected chi connectivity index (χ2v) is 7.65. The van der Waals surface area contributed by atoms with Gasteiger partial charge in [-0.2, -0.15) is 10.1 Å². The van der Waals surface area contributed by atoms with E-state index in [4.69, 9.17) is 4.74 Å². The average Bonchev–Trinajstić information content (AvgIpc) is 3.27. The SMILES string of the molecule is CCOC(=O)C1=C(C)N(CC(=O)Nc2ccccc2F)c2ncnn2[C@H]1c1ccc(C)cc1. The second-order valence-electron chi connectivity index (χ2n) is 7.65. The van der Waals surface area contributed by atoms with Gasteiger partial charge in [-0.3, -0.25) is 4.79 Å². The summed E-state index contributed by atoms with van der Waals surface area (Å²) in [7, 11) is 0. The van der Waals surface area contributed by atoms with E-state index in [-0.39, 0.29) is 18.8 Å². The number of hydrogen-bond donors (Lipinski definition) is 1. The molecule has 1 aromatic heterocycles. The summed E-state index contributed by atoms with van der Waals surface area (Å²) in [6, 6.07) is 13.1. The lowest BCUT2D eigenvalue weighted by Gasteiger charge is -2.35. The van der Waals surface area contributed by atoms with Crippen LogP contribution in [0.1, 0.15) is 31.0 Å². The molecule has 0 aliphatic carbocycles. The zero-order chi connectivity index (χ0) is 23.5. The summed E-state index contributed by atoms with van der Waals surface area (Å²) < 4.78 is 20.9. The molecule has 1 aliphatic heterocycles. The molecular formula is C24H24FN5O3. The first kappa shape index (κ1) is 22.2. The summed E-state index contributed by atoms with van der Waals surface area (Å²) in [6.45, 7) is 5.46. The molecule has 3 aromatic rings. The van der Waals surface area contributed by atoms with Gasteiger partial charge in [0, 0.05) is 5.70 Å². The van der Waals surface area contributed by atoms with Crippen LogP contribution in [0.25, 0.3) is 0 Å². The van der Waals surface area contributed by atoms with E-state index in [0.717, 1.165) is 11.1 Å². The number of nitrogens with one attached hydrogen (secondary N) is 1. The van der Waals surface area contributed by atoms with E-state index in [9.17, 15) is 14.0 Å². The predicted molar refractivity (Wildman–Crippen MR) is 121 cm³/mol. The number of carbonyl (C=O) groups is 2. The minimum Gasteiger partial charge on any atom is -0.463 e. The number of nitrogens with zero attached hydrogens (tertiary/aromatic N) is 4. The van der Waals surface area contributed by atoms with Gasteiger partial charge in [0.15, 0.2) is 0 Å². The quantitative estimate of drug-likeness (QED) is 0.579. The van der Waals surface area contributed by atoms with Crippen LogP contribution >= 0.6 is 0 Å². The van der Waals surface area contributed by atoms with Crippen LogP contribution in [0.2, 0.25) is 0 Å². The Kier molecular flexibility index (Phi) is 6.21. The minimum absolute atomic E-state index is 0.0748. The summed E-state index contributed by atoms with van der Waals surface area (Å²) in [5.41, 5.74) is 2.87. The van der Waals surface area contributed by atoms with Crippen LogP contribution in [0.3, 0.4) is 0 Å². The van der Waals surface area contributed by atoms with Crippen molar-refractivity contribution in [3.8, 4) is 0 Å². The van der Waals surface area contributed by atoms with E-state index in [1.807, 2.05) is 31.2 Å². The lowest BCUT2D eigenvalue weighted by atomic mass is 9.94. The summed E-state index contributed by atoms with van der Waals surface area (Å²) in [4.78, 5) is 31.7. The molecule has 4 rings (SSSR count). The number of anilines is 2. The number of rotatable bonds is 6. The van der Waals surface area contributed by atoms with Crippen molar-refractivity contribution in [2.45, 2.75) is 26.8 Å². The molecule has 170 valence electrons. The van der Waals surface area contributed by atoms with Gasteiger partial charge < -0.3 is 15.0 Å². The Morgan fingerprint density at radius 3 is 2.55 bits per heavy atom. The molecule has 0 saturated heterocycles. The highest BCUT2D eigenvalue weighted by Crippen LogP contribution is 2.38. The van der Waals surface area contributed by atoms with Gasteiger partial charge in [0.1, 0.15) is 24.7 Å². The van der Waals surface area contributed by atoms with Crippen molar-refractivity contribution in [3.05, 3.63) is 83.1 Å². The van der Waals surface area contributed by atoms with E-state index >= 15 is 0 Å². The standard InChI is InChI=1S/C24H24FN5O3/c1-4-33-23(32)21-16(3)29(13-20(31)28-19-8-6-5-7-18(19)25)24-26-14-27-30(24)22(21)17-11-9-15(2)10-12-17/h5-12,14,22H,4,13H2,1-3H3,(H,28,31)/t22-/m0/s1. The van der Waals surface area contributed by atoms with Crippen molar-refractivity contribution in [1.29, 1.82) is 0 Å². The number of benzene rings is 2. The molecule has 1 aliphatic rings. The number of hydrogen-bond acceptors (Lipinski definition) is 6. The topological polar surface area (TPSA) is 89.3 Å². The predicted octanol–water partition coefficient (Wildman–Crippen LogP) is 3.61. The number of para-hydroxylation sites is 1. The van der Waals surface area contributed by atoms with Crippen molar-refractivity contribution in [1.82, 2.24) is 14.8 Å². The number of aromatic nitrogens is 3. The number of esters is 1. The van der Waals surface area contributed by atoms with Crippen LogP contribution < -0.4 is 10.2 Å². The van der Waals surface area contributed by atoms with Gasteiger partial charge >= 0.3 is 5.97 Å². The Bertz CT molecular complexity index is 1220. The highest BCUT2D eigenvalue weighted by molar-refractivity contribution is 5.96. The van der Waals surface area contributed by atoms with Gasteiger partial charge in [0.25, 0.3) is 0 Å². The molecule has 2 heterocycles. The molecule has 0 bridgehead atoms. The Hall–Kier alpha value is -4.01. The fourth-order valence-corrected chi connectivity index (χ4v) is 3.84. The van der Waals surface area contributed by atoms with Crippen LogP contribution in [0.4, 0.5) is 16.0 Å². The first-order chi connectivity index (χ1) is 15.9. The molecule has 0 unspecified atom stereocenters. The van der Waals surface area contributed by atoms with Gasteiger partial charge in [-0.1, -0.05) is 42.0 Å². The van der Waals surface area contributed by atoms with Crippen LogP contribution in [0.5, 0.6) is 0 Å². The molecule has 9 heteroatoms. The third-order valence-electron chi connectivity index (χ3n) is 5.45. The number of halogens is 1. The third kappa shape index (κ3) is 4.34. The van der Waals surface area contributed by atoms with Gasteiger partial charge in [0.05, 0.1) is 17.9 Å². The van der Waals surface area contributed by atoms with E-state index in [1.54, 1.807) is 35.6 Å².